The van der Waals surface area contributed by atoms with Crippen molar-refractivity contribution < 1.29 is 23.2 Å². The molecule has 2 saturated heterocycles. The van der Waals surface area contributed by atoms with Gasteiger partial charge in [-0.05, 0) is 37.5 Å². The summed E-state index contributed by atoms with van der Waals surface area (Å²) < 4.78 is 27.0. The van der Waals surface area contributed by atoms with E-state index in [1.165, 1.54) is 11.0 Å². The van der Waals surface area contributed by atoms with Crippen LogP contribution in [0.3, 0.4) is 0 Å². The van der Waals surface area contributed by atoms with Crippen molar-refractivity contribution in [1.29, 1.82) is 0 Å². The molecule has 2 fully saturated rings. The van der Waals surface area contributed by atoms with Gasteiger partial charge in [0.15, 0.2) is 0 Å². The van der Waals surface area contributed by atoms with Crippen LogP contribution in [0.1, 0.15) is 29.6 Å². The highest BCUT2D eigenvalue weighted by molar-refractivity contribution is 5.94. The van der Waals surface area contributed by atoms with Crippen LogP contribution in [0.15, 0.2) is 30.9 Å². The smallest absolute Gasteiger partial charge is 0.256 e. The normalized spacial score (nSPS) is 18.3. The second-order valence-electron chi connectivity index (χ2n) is 7.40. The summed E-state index contributed by atoms with van der Waals surface area (Å²) in [6, 6.07) is 2.91. The standard InChI is InChI=1S/C21H25F2N3O3/c1-2-19(27)24-10-6-15(7-11-24)20(28)25-8-3-9-26(13-12-25)21(29)17-5-4-16(22)14-18(17)23/h2,4-5,14-15H,1,3,6-13H2. The van der Waals surface area contributed by atoms with E-state index in [2.05, 4.69) is 6.58 Å². The zero-order chi connectivity index (χ0) is 21.0. The van der Waals surface area contributed by atoms with Gasteiger partial charge in [0.2, 0.25) is 11.8 Å². The third-order valence-electron chi connectivity index (χ3n) is 5.59. The lowest BCUT2D eigenvalue weighted by atomic mass is 9.95. The van der Waals surface area contributed by atoms with Crippen LogP contribution in [0.4, 0.5) is 8.78 Å². The molecule has 0 bridgehead atoms. The molecule has 0 aliphatic carbocycles. The minimum Gasteiger partial charge on any atom is -0.341 e. The third-order valence-corrected chi connectivity index (χ3v) is 5.59. The summed E-state index contributed by atoms with van der Waals surface area (Å²) in [6.45, 7) is 6.16. The Morgan fingerprint density at radius 1 is 0.931 bits per heavy atom. The lowest BCUT2D eigenvalue weighted by Gasteiger charge is -2.33. The average Bonchev–Trinajstić information content (AvgIpc) is 2.98. The quantitative estimate of drug-likeness (QED) is 0.724. The fraction of sp³-hybridized carbons (Fsp3) is 0.476. The van der Waals surface area contributed by atoms with Gasteiger partial charge in [-0.15, -0.1) is 0 Å². The predicted octanol–water partition coefficient (Wildman–Crippen LogP) is 2.06. The van der Waals surface area contributed by atoms with E-state index in [1.807, 2.05) is 0 Å². The minimum atomic E-state index is -0.881. The van der Waals surface area contributed by atoms with Crippen molar-refractivity contribution in [3.63, 3.8) is 0 Å². The van der Waals surface area contributed by atoms with Crippen LogP contribution in [0.2, 0.25) is 0 Å². The van der Waals surface area contributed by atoms with Crippen molar-refractivity contribution in [3.05, 3.63) is 48.1 Å². The number of nitrogens with zero attached hydrogens (tertiary/aromatic N) is 3. The van der Waals surface area contributed by atoms with E-state index >= 15 is 0 Å². The Bertz CT molecular complexity index is 806. The number of benzene rings is 1. The van der Waals surface area contributed by atoms with Gasteiger partial charge < -0.3 is 14.7 Å². The monoisotopic (exact) mass is 405 g/mol. The number of rotatable bonds is 3. The molecule has 3 amide bonds. The van der Waals surface area contributed by atoms with Gasteiger partial charge in [-0.25, -0.2) is 8.78 Å². The van der Waals surface area contributed by atoms with E-state index in [0.717, 1.165) is 12.1 Å². The number of likely N-dealkylation sites (tertiary alicyclic amines) is 1. The molecule has 0 N–H and O–H groups in total. The number of piperidine rings is 1. The molecule has 8 heteroatoms. The zero-order valence-corrected chi connectivity index (χ0v) is 16.3. The number of halogens is 2. The summed E-state index contributed by atoms with van der Waals surface area (Å²) in [6.07, 6.45) is 3.09. The summed E-state index contributed by atoms with van der Waals surface area (Å²) >= 11 is 0. The van der Waals surface area contributed by atoms with E-state index in [9.17, 15) is 23.2 Å². The van der Waals surface area contributed by atoms with Crippen molar-refractivity contribution in [2.75, 3.05) is 39.3 Å². The molecule has 0 radical (unpaired) electrons. The lowest BCUT2D eigenvalue weighted by molar-refractivity contribution is -0.139. The molecule has 3 rings (SSSR count). The molecule has 0 spiro atoms. The molecule has 2 aliphatic rings. The number of hydrogen-bond acceptors (Lipinski definition) is 3. The van der Waals surface area contributed by atoms with Crippen LogP contribution in [-0.2, 0) is 9.59 Å². The number of carbonyl (C=O) groups excluding carboxylic acids is 3. The SMILES string of the molecule is C=CC(=O)N1CCC(C(=O)N2CCCN(C(=O)c3ccc(F)cc3F)CC2)CC1. The first-order valence-corrected chi connectivity index (χ1v) is 9.85. The topological polar surface area (TPSA) is 60.9 Å². The maximum Gasteiger partial charge on any atom is 0.256 e. The average molecular weight is 405 g/mol. The third kappa shape index (κ3) is 4.81. The zero-order valence-electron chi connectivity index (χ0n) is 16.3. The van der Waals surface area contributed by atoms with Crippen LogP contribution >= 0.6 is 0 Å². The second-order valence-corrected chi connectivity index (χ2v) is 7.40. The van der Waals surface area contributed by atoms with Crippen LogP contribution in [0.5, 0.6) is 0 Å². The van der Waals surface area contributed by atoms with Gasteiger partial charge >= 0.3 is 0 Å². The molecule has 6 nitrogen and oxygen atoms in total. The second kappa shape index (κ2) is 9.15. The summed E-state index contributed by atoms with van der Waals surface area (Å²) in [5.74, 6) is -2.32. The molecule has 2 aliphatic heterocycles. The Hall–Kier alpha value is -2.77. The highest BCUT2D eigenvalue weighted by atomic mass is 19.1. The van der Waals surface area contributed by atoms with Gasteiger partial charge in [-0.2, -0.15) is 0 Å². The Kier molecular flexibility index (Phi) is 6.61. The number of amides is 3. The fourth-order valence-corrected chi connectivity index (χ4v) is 3.91. The highest BCUT2D eigenvalue weighted by Gasteiger charge is 2.31. The van der Waals surface area contributed by atoms with Gasteiger partial charge in [0.25, 0.3) is 5.91 Å². The van der Waals surface area contributed by atoms with Gasteiger partial charge in [-0.1, -0.05) is 6.58 Å². The summed E-state index contributed by atoms with van der Waals surface area (Å²) in [4.78, 5) is 42.1. The summed E-state index contributed by atoms with van der Waals surface area (Å²) in [5.41, 5.74) is -0.162. The molecule has 0 saturated carbocycles. The van der Waals surface area contributed by atoms with Gasteiger partial charge in [0.05, 0.1) is 5.56 Å². The van der Waals surface area contributed by atoms with Gasteiger partial charge in [0.1, 0.15) is 11.6 Å². The molecule has 1 aromatic carbocycles. The molecular weight excluding hydrogens is 380 g/mol. The maximum absolute atomic E-state index is 13.9. The van der Waals surface area contributed by atoms with E-state index < -0.39 is 17.5 Å². The van der Waals surface area contributed by atoms with E-state index in [4.69, 9.17) is 0 Å². The first-order chi connectivity index (χ1) is 13.9. The Balaban J connectivity index is 1.57. The number of hydrogen-bond donors (Lipinski definition) is 0. The molecule has 2 heterocycles. The highest BCUT2D eigenvalue weighted by Crippen LogP contribution is 2.21. The molecule has 1 aromatic rings. The lowest BCUT2D eigenvalue weighted by Crippen LogP contribution is -2.45. The largest absolute Gasteiger partial charge is 0.341 e. The first-order valence-electron chi connectivity index (χ1n) is 9.85. The van der Waals surface area contributed by atoms with Crippen molar-refractivity contribution in [2.45, 2.75) is 19.3 Å². The van der Waals surface area contributed by atoms with Crippen molar-refractivity contribution in [1.82, 2.24) is 14.7 Å². The molecule has 0 atom stereocenters. The Morgan fingerprint density at radius 3 is 2.24 bits per heavy atom. The van der Waals surface area contributed by atoms with Crippen LogP contribution in [0, 0.1) is 17.6 Å². The van der Waals surface area contributed by atoms with Crippen molar-refractivity contribution >= 4 is 17.7 Å². The minimum absolute atomic E-state index is 0.0398. The number of carbonyl (C=O) groups is 3. The van der Waals surface area contributed by atoms with Crippen molar-refractivity contribution in [2.24, 2.45) is 5.92 Å². The predicted molar refractivity (Wildman–Crippen MR) is 103 cm³/mol. The van der Waals surface area contributed by atoms with Crippen molar-refractivity contribution in [3.8, 4) is 0 Å². The summed E-state index contributed by atoms with van der Waals surface area (Å²) in [5, 5.41) is 0. The first kappa shape index (κ1) is 21.0. The van der Waals surface area contributed by atoms with E-state index in [1.54, 1.807) is 9.80 Å². The Labute approximate surface area is 168 Å². The molecule has 29 heavy (non-hydrogen) atoms. The van der Waals surface area contributed by atoms with E-state index in [0.29, 0.717) is 64.6 Å². The van der Waals surface area contributed by atoms with Crippen LogP contribution in [0.25, 0.3) is 0 Å². The maximum atomic E-state index is 13.9. The molecule has 0 unspecified atom stereocenters. The molecular formula is C21H25F2N3O3. The van der Waals surface area contributed by atoms with Crippen LogP contribution in [-0.4, -0.2) is 71.7 Å². The molecule has 0 aromatic heterocycles. The van der Waals surface area contributed by atoms with Gasteiger partial charge in [-0.3, -0.25) is 14.4 Å². The fourth-order valence-electron chi connectivity index (χ4n) is 3.91. The molecule has 156 valence electrons. The summed E-state index contributed by atoms with van der Waals surface area (Å²) in [7, 11) is 0. The van der Waals surface area contributed by atoms with Crippen LogP contribution < -0.4 is 0 Å². The van der Waals surface area contributed by atoms with E-state index in [-0.39, 0.29) is 23.3 Å². The Morgan fingerprint density at radius 2 is 1.59 bits per heavy atom. The van der Waals surface area contributed by atoms with Gasteiger partial charge in [0, 0.05) is 51.3 Å².